The molecule has 4 aromatic rings. The second-order valence-corrected chi connectivity index (χ2v) is 6.21. The van der Waals surface area contributed by atoms with Crippen LogP contribution in [-0.2, 0) is 0 Å². The van der Waals surface area contributed by atoms with Gasteiger partial charge in [0.1, 0.15) is 5.69 Å². The molecule has 2 aromatic carbocycles. The second kappa shape index (κ2) is 7.25. The van der Waals surface area contributed by atoms with E-state index in [4.69, 9.17) is 0 Å². The third kappa shape index (κ3) is 3.62. The minimum absolute atomic E-state index is 0.268. The highest BCUT2D eigenvalue weighted by Crippen LogP contribution is 2.22. The van der Waals surface area contributed by atoms with Gasteiger partial charge in [0.2, 0.25) is 0 Å². The summed E-state index contributed by atoms with van der Waals surface area (Å²) in [6.07, 6.45) is 3.37. The zero-order valence-corrected chi connectivity index (χ0v) is 14.8. The van der Waals surface area contributed by atoms with Crippen molar-refractivity contribution >= 4 is 33.9 Å². The van der Waals surface area contributed by atoms with Gasteiger partial charge in [0.25, 0.3) is 5.91 Å². The molecule has 4 rings (SSSR count). The number of aromatic nitrogens is 2. The molecule has 0 aliphatic heterocycles. The number of nitrogens with zero attached hydrogens (tertiary/aromatic N) is 2. The van der Waals surface area contributed by atoms with E-state index in [2.05, 4.69) is 20.6 Å². The Hall–Kier alpha value is -3.73. The molecule has 0 fully saturated rings. The third-order valence-electron chi connectivity index (χ3n) is 4.30. The Bertz CT molecular complexity index is 1100. The first-order chi connectivity index (χ1) is 13.2. The van der Waals surface area contributed by atoms with Gasteiger partial charge in [0.05, 0.1) is 23.1 Å². The maximum atomic E-state index is 12.6. The fraction of sp³-hybridized carbons (Fsp3) is 0.0455. The van der Waals surface area contributed by atoms with E-state index >= 15 is 0 Å². The van der Waals surface area contributed by atoms with Crippen molar-refractivity contribution in [1.82, 2.24) is 9.97 Å². The van der Waals surface area contributed by atoms with Crippen molar-refractivity contribution in [3.63, 3.8) is 0 Å². The smallest absolute Gasteiger partial charge is 0.274 e. The van der Waals surface area contributed by atoms with E-state index in [-0.39, 0.29) is 5.91 Å². The summed E-state index contributed by atoms with van der Waals surface area (Å²) in [5.74, 6) is -0.268. The summed E-state index contributed by atoms with van der Waals surface area (Å²) in [4.78, 5) is 21.2. The van der Waals surface area contributed by atoms with Gasteiger partial charge in [0, 0.05) is 17.3 Å². The lowest BCUT2D eigenvalue weighted by atomic mass is 10.2. The summed E-state index contributed by atoms with van der Waals surface area (Å²) in [6, 6.07) is 21.1. The van der Waals surface area contributed by atoms with E-state index in [0.717, 1.165) is 27.8 Å². The SMILES string of the molecule is Cc1ccccc1Nc1ccc(C(=O)Nc2cccc3cccnc23)nc1. The number of para-hydroxylation sites is 2. The average molecular weight is 354 g/mol. The van der Waals surface area contributed by atoms with Crippen LogP contribution in [0, 0.1) is 6.92 Å². The van der Waals surface area contributed by atoms with Crippen LogP contribution in [0.4, 0.5) is 17.1 Å². The quantitative estimate of drug-likeness (QED) is 0.545. The molecule has 0 saturated heterocycles. The normalized spacial score (nSPS) is 10.6. The van der Waals surface area contributed by atoms with Gasteiger partial charge in [-0.15, -0.1) is 0 Å². The molecule has 0 aliphatic rings. The Kier molecular flexibility index (Phi) is 4.49. The van der Waals surface area contributed by atoms with Crippen LogP contribution in [-0.4, -0.2) is 15.9 Å². The highest BCUT2D eigenvalue weighted by Gasteiger charge is 2.10. The number of anilines is 3. The summed E-state index contributed by atoms with van der Waals surface area (Å²) in [5, 5.41) is 7.18. The molecule has 5 nitrogen and oxygen atoms in total. The van der Waals surface area contributed by atoms with E-state index in [1.54, 1.807) is 18.5 Å². The first kappa shape index (κ1) is 16.7. The Labute approximate surface area is 157 Å². The standard InChI is InChI=1S/C22H18N4O/c1-15-6-2-3-9-18(15)25-17-11-12-20(24-14-17)22(27)26-19-10-4-7-16-8-5-13-23-21(16)19/h2-14,25H,1H3,(H,26,27). The minimum Gasteiger partial charge on any atom is -0.354 e. The molecule has 1 amide bonds. The molecule has 0 radical (unpaired) electrons. The van der Waals surface area contributed by atoms with Crippen molar-refractivity contribution in [2.24, 2.45) is 0 Å². The fourth-order valence-electron chi connectivity index (χ4n) is 2.86. The van der Waals surface area contributed by atoms with Crippen LogP contribution in [0.1, 0.15) is 16.1 Å². The van der Waals surface area contributed by atoms with Crippen LogP contribution in [0.25, 0.3) is 10.9 Å². The lowest BCUT2D eigenvalue weighted by molar-refractivity contribution is 0.102. The molecule has 2 N–H and O–H groups in total. The second-order valence-electron chi connectivity index (χ2n) is 6.21. The number of hydrogen-bond donors (Lipinski definition) is 2. The maximum absolute atomic E-state index is 12.6. The molecule has 0 unspecified atom stereocenters. The number of pyridine rings is 2. The number of carbonyl (C=O) groups excluding carboxylic acids is 1. The van der Waals surface area contributed by atoms with Crippen molar-refractivity contribution in [3.05, 3.63) is 90.4 Å². The monoisotopic (exact) mass is 354 g/mol. The Morgan fingerprint density at radius 3 is 2.48 bits per heavy atom. The zero-order chi connectivity index (χ0) is 18.6. The van der Waals surface area contributed by atoms with Crippen LogP contribution in [0.15, 0.2) is 79.1 Å². The molecule has 0 atom stereocenters. The molecule has 0 bridgehead atoms. The van der Waals surface area contributed by atoms with Crippen molar-refractivity contribution in [2.75, 3.05) is 10.6 Å². The molecular formula is C22H18N4O. The predicted octanol–water partition coefficient (Wildman–Crippen LogP) is 4.93. The predicted molar refractivity (Wildman–Crippen MR) is 108 cm³/mol. The molecule has 2 heterocycles. The number of fused-ring (bicyclic) bond motifs is 1. The highest BCUT2D eigenvalue weighted by atomic mass is 16.1. The molecule has 27 heavy (non-hydrogen) atoms. The van der Waals surface area contributed by atoms with Gasteiger partial charge in [-0.1, -0.05) is 36.4 Å². The molecule has 0 saturated carbocycles. The van der Waals surface area contributed by atoms with Crippen molar-refractivity contribution in [1.29, 1.82) is 0 Å². The van der Waals surface area contributed by atoms with Crippen LogP contribution < -0.4 is 10.6 Å². The van der Waals surface area contributed by atoms with E-state index in [0.29, 0.717) is 11.4 Å². The van der Waals surface area contributed by atoms with Gasteiger partial charge >= 0.3 is 0 Å². The van der Waals surface area contributed by atoms with Crippen LogP contribution in [0.2, 0.25) is 0 Å². The lowest BCUT2D eigenvalue weighted by Crippen LogP contribution is -2.14. The van der Waals surface area contributed by atoms with Gasteiger partial charge in [0.15, 0.2) is 0 Å². The summed E-state index contributed by atoms with van der Waals surface area (Å²) in [6.45, 7) is 2.04. The Balaban J connectivity index is 1.52. The number of carbonyl (C=O) groups is 1. The molecule has 2 aromatic heterocycles. The lowest BCUT2D eigenvalue weighted by Gasteiger charge is -2.10. The fourth-order valence-corrected chi connectivity index (χ4v) is 2.86. The van der Waals surface area contributed by atoms with Crippen molar-refractivity contribution in [3.8, 4) is 0 Å². The van der Waals surface area contributed by atoms with Crippen LogP contribution >= 0.6 is 0 Å². The third-order valence-corrected chi connectivity index (χ3v) is 4.30. The molecule has 132 valence electrons. The number of amides is 1. The summed E-state index contributed by atoms with van der Waals surface area (Å²) < 4.78 is 0. The Morgan fingerprint density at radius 2 is 1.67 bits per heavy atom. The van der Waals surface area contributed by atoms with Gasteiger partial charge in [-0.3, -0.25) is 9.78 Å². The highest BCUT2D eigenvalue weighted by molar-refractivity contribution is 6.07. The number of rotatable bonds is 4. The van der Waals surface area contributed by atoms with Crippen LogP contribution in [0.5, 0.6) is 0 Å². The Morgan fingerprint density at radius 1 is 0.852 bits per heavy atom. The van der Waals surface area contributed by atoms with E-state index in [9.17, 15) is 4.79 Å². The van der Waals surface area contributed by atoms with Gasteiger partial charge < -0.3 is 10.6 Å². The average Bonchev–Trinajstić information content (AvgIpc) is 2.70. The van der Waals surface area contributed by atoms with Gasteiger partial charge in [-0.05, 0) is 42.8 Å². The number of nitrogens with one attached hydrogen (secondary N) is 2. The summed E-state index contributed by atoms with van der Waals surface area (Å²) in [5.41, 5.74) is 4.75. The van der Waals surface area contributed by atoms with Gasteiger partial charge in [-0.2, -0.15) is 0 Å². The van der Waals surface area contributed by atoms with E-state index < -0.39 is 0 Å². The molecule has 0 spiro atoms. The minimum atomic E-state index is -0.268. The maximum Gasteiger partial charge on any atom is 0.274 e. The molecule has 0 aliphatic carbocycles. The topological polar surface area (TPSA) is 66.9 Å². The summed E-state index contributed by atoms with van der Waals surface area (Å²) in [7, 11) is 0. The van der Waals surface area contributed by atoms with Crippen molar-refractivity contribution < 1.29 is 4.79 Å². The van der Waals surface area contributed by atoms with E-state index in [1.807, 2.05) is 67.6 Å². The van der Waals surface area contributed by atoms with E-state index in [1.165, 1.54) is 0 Å². The van der Waals surface area contributed by atoms with Gasteiger partial charge in [-0.25, -0.2) is 4.98 Å². The van der Waals surface area contributed by atoms with Crippen LogP contribution in [0.3, 0.4) is 0 Å². The molecular weight excluding hydrogens is 336 g/mol. The number of aryl methyl sites for hydroxylation is 1. The first-order valence-electron chi connectivity index (χ1n) is 8.64. The number of hydrogen-bond acceptors (Lipinski definition) is 4. The summed E-state index contributed by atoms with van der Waals surface area (Å²) >= 11 is 0. The first-order valence-corrected chi connectivity index (χ1v) is 8.64. The zero-order valence-electron chi connectivity index (χ0n) is 14.8. The number of benzene rings is 2. The molecule has 5 heteroatoms. The van der Waals surface area contributed by atoms with Crippen molar-refractivity contribution in [2.45, 2.75) is 6.92 Å². The largest absolute Gasteiger partial charge is 0.354 e.